The van der Waals surface area contributed by atoms with Gasteiger partial charge in [0.05, 0.1) is 45.2 Å². The van der Waals surface area contributed by atoms with E-state index in [1.165, 1.54) is 33.2 Å². The second kappa shape index (κ2) is 10.4. The minimum Gasteiger partial charge on any atom is -0.493 e. The molecule has 0 aromatic heterocycles. The topological polar surface area (TPSA) is 86.3 Å². The van der Waals surface area contributed by atoms with Gasteiger partial charge in [-0.2, -0.15) is 0 Å². The number of methoxy groups -OCH3 is 3. The highest BCUT2D eigenvalue weighted by Crippen LogP contribution is 2.44. The molecule has 1 aliphatic rings. The molecule has 3 rings (SSSR count). The number of ether oxygens (including phenoxy) is 4. The van der Waals surface area contributed by atoms with Crippen molar-refractivity contribution >= 4 is 34.9 Å². The van der Waals surface area contributed by atoms with Gasteiger partial charge in [-0.05, 0) is 42.4 Å². The lowest BCUT2D eigenvalue weighted by Crippen LogP contribution is -2.50. The molecule has 2 aromatic rings. The summed E-state index contributed by atoms with van der Waals surface area (Å²) in [4.78, 5) is 27.4. The van der Waals surface area contributed by atoms with Gasteiger partial charge in [0.1, 0.15) is 0 Å². The zero-order valence-electron chi connectivity index (χ0n) is 19.1. The van der Waals surface area contributed by atoms with E-state index >= 15 is 0 Å². The quantitative estimate of drug-likeness (QED) is 0.486. The van der Waals surface area contributed by atoms with Gasteiger partial charge in [-0.25, -0.2) is 4.79 Å². The van der Waals surface area contributed by atoms with E-state index in [0.717, 1.165) is 5.56 Å². The first-order valence-corrected chi connectivity index (χ1v) is 10.7. The maximum absolute atomic E-state index is 13.3. The van der Waals surface area contributed by atoms with Crippen LogP contribution in [0.15, 0.2) is 48.0 Å². The Kier molecular flexibility index (Phi) is 7.55. The number of benzene rings is 2. The summed E-state index contributed by atoms with van der Waals surface area (Å²) >= 11 is 5.55. The van der Waals surface area contributed by atoms with E-state index in [1.54, 1.807) is 19.1 Å². The standard InChI is InChI=1S/C24H26N2O6S/c1-6-32-23(28)19-20(15-10-8-7-9-11-15)25-24(33)26(14(2)27)21(19)16-12-17(29-3)22(31-5)18(13-16)30-4/h7-13,21H,6H2,1-5H3,(H,25,33). The molecule has 1 aliphatic heterocycles. The fourth-order valence-corrected chi connectivity index (χ4v) is 4.11. The van der Waals surface area contributed by atoms with Crippen LogP contribution < -0.4 is 19.5 Å². The molecule has 2 aromatic carbocycles. The fraction of sp³-hybridized carbons (Fsp3) is 0.292. The molecule has 1 N–H and O–H groups in total. The number of hydrogen-bond acceptors (Lipinski definition) is 7. The van der Waals surface area contributed by atoms with Crippen LogP contribution in [0.25, 0.3) is 5.70 Å². The number of carbonyl (C=O) groups is 2. The van der Waals surface area contributed by atoms with Crippen LogP contribution in [-0.4, -0.2) is 49.8 Å². The molecule has 1 amide bonds. The Hall–Kier alpha value is -3.59. The molecule has 9 heteroatoms. The van der Waals surface area contributed by atoms with Crippen LogP contribution in [0.4, 0.5) is 0 Å². The van der Waals surface area contributed by atoms with Gasteiger partial charge < -0.3 is 24.3 Å². The molecule has 1 heterocycles. The third kappa shape index (κ3) is 4.63. The second-order valence-electron chi connectivity index (χ2n) is 7.06. The normalized spacial score (nSPS) is 15.6. The Balaban J connectivity index is 2.37. The Labute approximate surface area is 198 Å². The van der Waals surface area contributed by atoms with E-state index < -0.39 is 12.0 Å². The van der Waals surface area contributed by atoms with Gasteiger partial charge in [-0.1, -0.05) is 30.3 Å². The summed E-state index contributed by atoms with van der Waals surface area (Å²) < 4.78 is 21.8. The van der Waals surface area contributed by atoms with Gasteiger partial charge in [-0.3, -0.25) is 9.69 Å². The summed E-state index contributed by atoms with van der Waals surface area (Å²) in [6.07, 6.45) is 0. The van der Waals surface area contributed by atoms with E-state index in [2.05, 4.69) is 5.32 Å². The number of amides is 1. The van der Waals surface area contributed by atoms with Crippen molar-refractivity contribution in [1.82, 2.24) is 10.2 Å². The van der Waals surface area contributed by atoms with Crippen molar-refractivity contribution in [2.24, 2.45) is 0 Å². The molecule has 0 spiro atoms. The maximum atomic E-state index is 13.3. The van der Waals surface area contributed by atoms with Crippen molar-refractivity contribution in [3.05, 3.63) is 59.2 Å². The molecule has 0 radical (unpaired) electrons. The predicted octanol–water partition coefficient (Wildman–Crippen LogP) is 3.46. The van der Waals surface area contributed by atoms with Gasteiger partial charge >= 0.3 is 5.97 Å². The molecule has 174 valence electrons. The Morgan fingerprint density at radius 3 is 2.12 bits per heavy atom. The molecule has 0 bridgehead atoms. The van der Waals surface area contributed by atoms with E-state index in [0.29, 0.717) is 28.5 Å². The van der Waals surface area contributed by atoms with Crippen molar-refractivity contribution in [2.45, 2.75) is 19.9 Å². The van der Waals surface area contributed by atoms with Gasteiger partial charge in [-0.15, -0.1) is 0 Å². The number of hydrogen-bond donors (Lipinski definition) is 1. The molecule has 0 saturated carbocycles. The van der Waals surface area contributed by atoms with Crippen molar-refractivity contribution < 1.29 is 28.5 Å². The Morgan fingerprint density at radius 1 is 1.03 bits per heavy atom. The van der Waals surface area contributed by atoms with Crippen LogP contribution in [0, 0.1) is 0 Å². The first-order valence-electron chi connectivity index (χ1n) is 10.2. The summed E-state index contributed by atoms with van der Waals surface area (Å²) in [6, 6.07) is 11.8. The summed E-state index contributed by atoms with van der Waals surface area (Å²) in [5.41, 5.74) is 1.97. The van der Waals surface area contributed by atoms with E-state index in [-0.39, 0.29) is 23.2 Å². The molecule has 1 atom stereocenters. The zero-order chi connectivity index (χ0) is 24.1. The minimum absolute atomic E-state index is 0.160. The number of thiocarbonyl (C=S) groups is 1. The van der Waals surface area contributed by atoms with Gasteiger partial charge in [0.2, 0.25) is 11.7 Å². The molecular formula is C24H26N2O6S. The molecule has 33 heavy (non-hydrogen) atoms. The van der Waals surface area contributed by atoms with E-state index in [4.69, 9.17) is 31.2 Å². The first kappa shape index (κ1) is 24.1. The third-order valence-electron chi connectivity index (χ3n) is 5.15. The van der Waals surface area contributed by atoms with Crippen molar-refractivity contribution in [2.75, 3.05) is 27.9 Å². The predicted molar refractivity (Wildman–Crippen MR) is 127 cm³/mol. The summed E-state index contributed by atoms with van der Waals surface area (Å²) in [6.45, 7) is 3.27. The lowest BCUT2D eigenvalue weighted by atomic mass is 9.90. The second-order valence-corrected chi connectivity index (χ2v) is 7.44. The van der Waals surface area contributed by atoms with E-state index in [1.807, 2.05) is 30.3 Å². The molecule has 0 aliphatic carbocycles. The summed E-state index contributed by atoms with van der Waals surface area (Å²) in [5.74, 6) is 0.227. The zero-order valence-corrected chi connectivity index (χ0v) is 19.9. The summed E-state index contributed by atoms with van der Waals surface area (Å²) in [7, 11) is 4.49. The van der Waals surface area contributed by atoms with Crippen LogP contribution in [0.2, 0.25) is 0 Å². The largest absolute Gasteiger partial charge is 0.493 e. The molecule has 0 fully saturated rings. The highest BCUT2D eigenvalue weighted by molar-refractivity contribution is 7.80. The van der Waals surface area contributed by atoms with Crippen LogP contribution in [0.5, 0.6) is 17.2 Å². The monoisotopic (exact) mass is 470 g/mol. The lowest BCUT2D eigenvalue weighted by molar-refractivity contribution is -0.139. The number of nitrogens with one attached hydrogen (secondary N) is 1. The fourth-order valence-electron chi connectivity index (χ4n) is 3.77. The highest BCUT2D eigenvalue weighted by Gasteiger charge is 2.41. The van der Waals surface area contributed by atoms with Crippen LogP contribution >= 0.6 is 12.2 Å². The van der Waals surface area contributed by atoms with Crippen LogP contribution in [-0.2, 0) is 14.3 Å². The van der Waals surface area contributed by atoms with Crippen molar-refractivity contribution in [3.8, 4) is 17.2 Å². The number of rotatable bonds is 7. The average Bonchev–Trinajstić information content (AvgIpc) is 2.82. The van der Waals surface area contributed by atoms with Gasteiger partial charge in [0, 0.05) is 6.92 Å². The third-order valence-corrected chi connectivity index (χ3v) is 5.45. The number of nitrogens with zero attached hydrogens (tertiary/aromatic N) is 1. The average molecular weight is 471 g/mol. The van der Waals surface area contributed by atoms with Crippen molar-refractivity contribution in [1.29, 1.82) is 0 Å². The van der Waals surface area contributed by atoms with Crippen molar-refractivity contribution in [3.63, 3.8) is 0 Å². The smallest absolute Gasteiger partial charge is 0.338 e. The molecule has 0 saturated heterocycles. The molecular weight excluding hydrogens is 444 g/mol. The first-order chi connectivity index (χ1) is 15.9. The van der Waals surface area contributed by atoms with Crippen LogP contribution in [0.3, 0.4) is 0 Å². The SMILES string of the molecule is CCOC(=O)C1=C(c2ccccc2)NC(=S)N(C(C)=O)C1c1cc(OC)c(OC)c(OC)c1. The lowest BCUT2D eigenvalue weighted by Gasteiger charge is -2.38. The summed E-state index contributed by atoms with van der Waals surface area (Å²) in [5, 5.41) is 3.22. The number of carbonyl (C=O) groups excluding carboxylic acids is 2. The molecule has 8 nitrogen and oxygen atoms in total. The Bertz CT molecular complexity index is 1070. The van der Waals surface area contributed by atoms with Gasteiger partial charge in [0.15, 0.2) is 16.6 Å². The maximum Gasteiger partial charge on any atom is 0.338 e. The Morgan fingerprint density at radius 2 is 1.64 bits per heavy atom. The van der Waals surface area contributed by atoms with Crippen LogP contribution in [0.1, 0.15) is 31.0 Å². The van der Waals surface area contributed by atoms with E-state index in [9.17, 15) is 9.59 Å². The molecule has 1 unspecified atom stereocenters. The number of esters is 1. The van der Waals surface area contributed by atoms with Gasteiger partial charge in [0.25, 0.3) is 0 Å². The highest BCUT2D eigenvalue weighted by atomic mass is 32.1. The minimum atomic E-state index is -0.890.